The van der Waals surface area contributed by atoms with Crippen molar-refractivity contribution in [1.29, 1.82) is 0 Å². The molecular formula is C54H37N. The number of fused-ring (bicyclic) bond motifs is 5. The molecule has 10 rings (SSSR count). The molecule has 0 bridgehead atoms. The number of hydrogen-bond donors (Lipinski definition) is 0. The minimum atomic E-state index is 1.10. The monoisotopic (exact) mass is 699 g/mol. The largest absolute Gasteiger partial charge is 0.310 e. The van der Waals surface area contributed by atoms with E-state index in [2.05, 4.69) is 229 Å². The first-order chi connectivity index (χ1) is 27.3. The molecule has 10 aromatic carbocycles. The van der Waals surface area contributed by atoms with E-state index in [0.29, 0.717) is 0 Å². The summed E-state index contributed by atoms with van der Waals surface area (Å²) >= 11 is 0. The summed E-state index contributed by atoms with van der Waals surface area (Å²) in [7, 11) is 0. The molecule has 1 nitrogen and oxygen atoms in total. The molecule has 0 aliphatic rings. The van der Waals surface area contributed by atoms with E-state index in [0.717, 1.165) is 17.1 Å². The van der Waals surface area contributed by atoms with Crippen molar-refractivity contribution in [3.05, 3.63) is 224 Å². The molecule has 10 aromatic rings. The Labute approximate surface area is 322 Å². The van der Waals surface area contributed by atoms with Gasteiger partial charge in [0.25, 0.3) is 0 Å². The fourth-order valence-corrected chi connectivity index (χ4v) is 8.09. The summed E-state index contributed by atoms with van der Waals surface area (Å²) in [6, 6.07) is 81.3. The van der Waals surface area contributed by atoms with E-state index in [1.807, 2.05) is 0 Å². The van der Waals surface area contributed by atoms with Crippen LogP contribution in [0.2, 0.25) is 0 Å². The molecule has 0 aliphatic carbocycles. The first kappa shape index (κ1) is 32.4. The molecule has 55 heavy (non-hydrogen) atoms. The fraction of sp³-hybridized carbons (Fsp3) is 0. The van der Waals surface area contributed by atoms with Crippen LogP contribution in [0.3, 0.4) is 0 Å². The van der Waals surface area contributed by atoms with E-state index in [1.54, 1.807) is 0 Å². The van der Waals surface area contributed by atoms with Crippen LogP contribution in [-0.2, 0) is 0 Å². The topological polar surface area (TPSA) is 3.24 Å². The molecule has 0 unspecified atom stereocenters. The van der Waals surface area contributed by atoms with Crippen molar-refractivity contribution >= 4 is 49.4 Å². The van der Waals surface area contributed by atoms with Gasteiger partial charge in [-0.3, -0.25) is 0 Å². The Balaban J connectivity index is 1.01. The summed E-state index contributed by atoms with van der Waals surface area (Å²) < 4.78 is 0. The third kappa shape index (κ3) is 6.12. The van der Waals surface area contributed by atoms with E-state index < -0.39 is 0 Å². The number of hydrogen-bond acceptors (Lipinski definition) is 1. The van der Waals surface area contributed by atoms with Crippen molar-refractivity contribution in [2.75, 3.05) is 4.90 Å². The molecule has 0 spiro atoms. The molecule has 0 amide bonds. The van der Waals surface area contributed by atoms with Gasteiger partial charge in [0.1, 0.15) is 0 Å². The van der Waals surface area contributed by atoms with Crippen LogP contribution >= 0.6 is 0 Å². The average molecular weight is 700 g/mol. The van der Waals surface area contributed by atoms with Gasteiger partial charge in [-0.25, -0.2) is 0 Å². The minimum Gasteiger partial charge on any atom is -0.310 e. The Morgan fingerprint density at radius 1 is 0.236 bits per heavy atom. The third-order valence-corrected chi connectivity index (χ3v) is 10.8. The van der Waals surface area contributed by atoms with Gasteiger partial charge in [-0.1, -0.05) is 182 Å². The standard InChI is InChI=1S/C54H37N/c1-3-12-38(13-4-1)41-26-31-47(32-27-41)55(49-19-11-18-45(36-49)39-14-5-2-6-15-39)48-33-28-42(29-34-48)40-22-24-44(25-23-40)53-37-46-17-8-10-21-51(46)54-50-20-9-7-16-43(50)30-35-52(53)54/h1-37H. The Kier molecular flexibility index (Phi) is 8.24. The Morgan fingerprint density at radius 3 is 1.31 bits per heavy atom. The lowest BCUT2D eigenvalue weighted by molar-refractivity contribution is 1.28. The summed E-state index contributed by atoms with van der Waals surface area (Å²) in [5, 5.41) is 7.71. The summed E-state index contributed by atoms with van der Waals surface area (Å²) in [6.45, 7) is 0. The lowest BCUT2D eigenvalue weighted by Gasteiger charge is -2.26. The van der Waals surface area contributed by atoms with Crippen molar-refractivity contribution in [1.82, 2.24) is 0 Å². The van der Waals surface area contributed by atoms with Gasteiger partial charge in [0.15, 0.2) is 0 Å². The Morgan fingerprint density at radius 2 is 0.691 bits per heavy atom. The molecule has 0 heterocycles. The highest BCUT2D eigenvalue weighted by atomic mass is 15.1. The number of anilines is 3. The quantitative estimate of drug-likeness (QED) is 0.150. The van der Waals surface area contributed by atoms with Gasteiger partial charge >= 0.3 is 0 Å². The van der Waals surface area contributed by atoms with E-state index in [9.17, 15) is 0 Å². The molecular weight excluding hydrogens is 663 g/mol. The summed E-state index contributed by atoms with van der Waals surface area (Å²) in [4.78, 5) is 2.35. The molecule has 0 saturated heterocycles. The zero-order valence-corrected chi connectivity index (χ0v) is 30.3. The molecule has 0 radical (unpaired) electrons. The van der Waals surface area contributed by atoms with Crippen LogP contribution in [0.25, 0.3) is 76.8 Å². The van der Waals surface area contributed by atoms with Crippen LogP contribution < -0.4 is 4.90 Å². The summed E-state index contributed by atoms with van der Waals surface area (Å²) in [6.07, 6.45) is 0. The molecule has 0 N–H and O–H groups in total. The molecule has 258 valence electrons. The van der Waals surface area contributed by atoms with Crippen LogP contribution in [0, 0.1) is 0 Å². The molecule has 1 heteroatoms. The van der Waals surface area contributed by atoms with Crippen LogP contribution in [0.4, 0.5) is 17.1 Å². The van der Waals surface area contributed by atoms with Crippen LogP contribution in [0.15, 0.2) is 224 Å². The van der Waals surface area contributed by atoms with Crippen molar-refractivity contribution < 1.29 is 0 Å². The molecule has 0 saturated carbocycles. The molecule has 0 aliphatic heterocycles. The van der Waals surface area contributed by atoms with E-state index in [4.69, 9.17) is 0 Å². The number of rotatable bonds is 7. The van der Waals surface area contributed by atoms with Gasteiger partial charge in [0.05, 0.1) is 0 Å². The average Bonchev–Trinajstić information content (AvgIpc) is 3.27. The second-order valence-corrected chi connectivity index (χ2v) is 14.1. The maximum Gasteiger partial charge on any atom is 0.0467 e. The second kappa shape index (κ2) is 14.0. The Hall–Kier alpha value is -7.22. The van der Waals surface area contributed by atoms with Gasteiger partial charge in [-0.05, 0) is 119 Å². The predicted octanol–water partition coefficient (Wildman–Crippen LogP) is 15.3. The van der Waals surface area contributed by atoms with Gasteiger partial charge < -0.3 is 4.90 Å². The third-order valence-electron chi connectivity index (χ3n) is 10.8. The molecule has 0 aromatic heterocycles. The van der Waals surface area contributed by atoms with Crippen molar-refractivity contribution in [2.45, 2.75) is 0 Å². The highest BCUT2D eigenvalue weighted by molar-refractivity contribution is 6.24. The fourth-order valence-electron chi connectivity index (χ4n) is 8.09. The molecule has 0 fully saturated rings. The van der Waals surface area contributed by atoms with Crippen molar-refractivity contribution in [2.24, 2.45) is 0 Å². The smallest absolute Gasteiger partial charge is 0.0467 e. The van der Waals surface area contributed by atoms with E-state index in [-0.39, 0.29) is 0 Å². The predicted molar refractivity (Wildman–Crippen MR) is 235 cm³/mol. The van der Waals surface area contributed by atoms with E-state index in [1.165, 1.54) is 76.8 Å². The first-order valence-corrected chi connectivity index (χ1v) is 18.9. The zero-order valence-electron chi connectivity index (χ0n) is 30.3. The summed E-state index contributed by atoms with van der Waals surface area (Å²) in [5.74, 6) is 0. The van der Waals surface area contributed by atoms with Gasteiger partial charge in [0, 0.05) is 17.1 Å². The normalized spacial score (nSPS) is 11.3. The lowest BCUT2D eigenvalue weighted by Crippen LogP contribution is -2.10. The zero-order chi connectivity index (χ0) is 36.6. The summed E-state index contributed by atoms with van der Waals surface area (Å²) in [5.41, 5.74) is 13.0. The minimum absolute atomic E-state index is 1.10. The van der Waals surface area contributed by atoms with Crippen LogP contribution in [0.5, 0.6) is 0 Å². The van der Waals surface area contributed by atoms with Crippen LogP contribution in [0.1, 0.15) is 0 Å². The van der Waals surface area contributed by atoms with Crippen molar-refractivity contribution in [3.8, 4) is 44.5 Å². The maximum atomic E-state index is 2.35. The number of benzene rings is 10. The van der Waals surface area contributed by atoms with Crippen LogP contribution in [-0.4, -0.2) is 0 Å². The molecule has 0 atom stereocenters. The highest BCUT2D eigenvalue weighted by Crippen LogP contribution is 2.41. The number of nitrogens with zero attached hydrogens (tertiary/aromatic N) is 1. The first-order valence-electron chi connectivity index (χ1n) is 18.9. The lowest BCUT2D eigenvalue weighted by atomic mass is 9.90. The SMILES string of the molecule is c1ccc(-c2ccc(N(c3ccc(-c4ccc(-c5cc6ccccc6c6c5ccc5ccccc56)cc4)cc3)c3cccc(-c4ccccc4)c3)cc2)cc1. The maximum absolute atomic E-state index is 2.35. The Bertz CT molecular complexity index is 2910. The van der Waals surface area contributed by atoms with Gasteiger partial charge in [-0.15, -0.1) is 0 Å². The second-order valence-electron chi connectivity index (χ2n) is 14.1. The van der Waals surface area contributed by atoms with Gasteiger partial charge in [-0.2, -0.15) is 0 Å². The highest BCUT2D eigenvalue weighted by Gasteiger charge is 2.15. The van der Waals surface area contributed by atoms with E-state index >= 15 is 0 Å². The van der Waals surface area contributed by atoms with Gasteiger partial charge in [0.2, 0.25) is 0 Å². The van der Waals surface area contributed by atoms with Crippen molar-refractivity contribution in [3.63, 3.8) is 0 Å².